The van der Waals surface area contributed by atoms with Crippen molar-refractivity contribution in [3.8, 4) is 0 Å². The predicted molar refractivity (Wildman–Crippen MR) is 97.7 cm³/mol. The smallest absolute Gasteiger partial charge is 0.257 e. The van der Waals surface area contributed by atoms with Crippen molar-refractivity contribution in [2.45, 2.75) is 13.8 Å². The van der Waals surface area contributed by atoms with Crippen LogP contribution in [0.4, 0.5) is 25.8 Å². The third kappa shape index (κ3) is 3.69. The summed E-state index contributed by atoms with van der Waals surface area (Å²) >= 11 is 0. The van der Waals surface area contributed by atoms with Crippen molar-refractivity contribution in [3.63, 3.8) is 0 Å². The lowest BCUT2D eigenvalue weighted by atomic mass is 10.1. The summed E-state index contributed by atoms with van der Waals surface area (Å²) in [4.78, 5) is 16.4. The van der Waals surface area contributed by atoms with E-state index in [1.165, 1.54) is 12.3 Å². The number of benzene rings is 2. The molecule has 6 heteroatoms. The monoisotopic (exact) mass is 353 g/mol. The first-order valence-corrected chi connectivity index (χ1v) is 7.99. The fraction of sp³-hybridized carbons (Fsp3) is 0.100. The Labute approximate surface area is 149 Å². The number of aryl methyl sites for hydroxylation is 2. The van der Waals surface area contributed by atoms with Crippen molar-refractivity contribution in [1.82, 2.24) is 4.98 Å². The number of para-hydroxylation sites is 2. The summed E-state index contributed by atoms with van der Waals surface area (Å²) in [5, 5.41) is 5.48. The molecule has 26 heavy (non-hydrogen) atoms. The minimum atomic E-state index is -0.837. The minimum absolute atomic E-state index is 0.184. The molecule has 132 valence electrons. The molecular weight excluding hydrogens is 336 g/mol. The van der Waals surface area contributed by atoms with Crippen LogP contribution in [-0.2, 0) is 0 Å². The molecule has 0 saturated carbocycles. The topological polar surface area (TPSA) is 54.0 Å². The number of halogens is 2. The maximum atomic E-state index is 13.7. The van der Waals surface area contributed by atoms with Crippen LogP contribution in [0.2, 0.25) is 0 Å². The van der Waals surface area contributed by atoms with E-state index in [1.54, 1.807) is 12.3 Å². The molecule has 4 nitrogen and oxygen atoms in total. The average Bonchev–Trinajstić information content (AvgIpc) is 2.62. The Balaban J connectivity index is 1.84. The Morgan fingerprint density at radius 3 is 2.19 bits per heavy atom. The Morgan fingerprint density at radius 1 is 0.923 bits per heavy atom. The molecule has 3 aromatic rings. The number of rotatable bonds is 4. The Kier molecular flexibility index (Phi) is 4.93. The van der Waals surface area contributed by atoms with Gasteiger partial charge < -0.3 is 10.6 Å². The highest BCUT2D eigenvalue weighted by Crippen LogP contribution is 2.25. The second kappa shape index (κ2) is 7.31. The van der Waals surface area contributed by atoms with Crippen LogP contribution < -0.4 is 10.6 Å². The van der Waals surface area contributed by atoms with E-state index >= 15 is 0 Å². The zero-order chi connectivity index (χ0) is 18.7. The molecule has 0 aliphatic carbocycles. The lowest BCUT2D eigenvalue weighted by Gasteiger charge is -2.13. The van der Waals surface area contributed by atoms with Gasteiger partial charge in [0, 0.05) is 11.9 Å². The zero-order valence-electron chi connectivity index (χ0n) is 14.3. The molecule has 0 aliphatic rings. The molecule has 3 rings (SSSR count). The molecule has 0 spiro atoms. The number of nitrogens with one attached hydrogen (secondary N) is 2. The highest BCUT2D eigenvalue weighted by atomic mass is 19.1. The van der Waals surface area contributed by atoms with Gasteiger partial charge in [0.25, 0.3) is 5.91 Å². The van der Waals surface area contributed by atoms with Gasteiger partial charge in [-0.1, -0.05) is 24.3 Å². The number of nitrogens with zero attached hydrogens (tertiary/aromatic N) is 1. The molecule has 2 N–H and O–H groups in total. The molecule has 0 unspecified atom stereocenters. The van der Waals surface area contributed by atoms with E-state index in [4.69, 9.17) is 0 Å². The second-order valence-electron chi connectivity index (χ2n) is 5.90. The maximum absolute atomic E-state index is 13.7. The largest absolute Gasteiger partial charge is 0.354 e. The lowest BCUT2D eigenvalue weighted by Crippen LogP contribution is -2.15. The van der Waals surface area contributed by atoms with Crippen molar-refractivity contribution in [2.24, 2.45) is 0 Å². The number of carbonyl (C=O) groups excluding carboxylic acids is 1. The van der Waals surface area contributed by atoms with Crippen molar-refractivity contribution in [2.75, 3.05) is 10.6 Å². The number of aromatic nitrogens is 1. The van der Waals surface area contributed by atoms with Crippen molar-refractivity contribution in [1.29, 1.82) is 0 Å². The van der Waals surface area contributed by atoms with Crippen molar-refractivity contribution < 1.29 is 13.6 Å². The van der Waals surface area contributed by atoms with Gasteiger partial charge in [0.2, 0.25) is 0 Å². The van der Waals surface area contributed by atoms with Crippen LogP contribution >= 0.6 is 0 Å². The van der Waals surface area contributed by atoms with Crippen LogP contribution in [-0.4, -0.2) is 10.9 Å². The standard InChI is InChI=1S/C20H17F2N3O/c1-12-5-3-6-13(2)18(12)24-15-9-14(10-23-11-15)20(26)25-19-16(21)7-4-8-17(19)22/h3-11,24H,1-2H3,(H,25,26). The first kappa shape index (κ1) is 17.5. The van der Waals surface area contributed by atoms with E-state index in [0.717, 1.165) is 28.9 Å². The molecule has 0 fully saturated rings. The molecule has 0 radical (unpaired) electrons. The Hall–Kier alpha value is -3.28. The second-order valence-corrected chi connectivity index (χ2v) is 5.90. The summed E-state index contributed by atoms with van der Waals surface area (Å²) < 4.78 is 27.4. The Bertz CT molecular complexity index is 933. The maximum Gasteiger partial charge on any atom is 0.257 e. The fourth-order valence-corrected chi connectivity index (χ4v) is 2.59. The van der Waals surface area contributed by atoms with Crippen molar-refractivity contribution in [3.05, 3.63) is 83.2 Å². The van der Waals surface area contributed by atoms with Gasteiger partial charge in [0.05, 0.1) is 17.4 Å². The number of amides is 1. The minimum Gasteiger partial charge on any atom is -0.354 e. The van der Waals surface area contributed by atoms with Gasteiger partial charge in [0.15, 0.2) is 0 Å². The van der Waals surface area contributed by atoms with E-state index in [2.05, 4.69) is 15.6 Å². The van der Waals surface area contributed by atoms with Crippen LogP contribution in [0.5, 0.6) is 0 Å². The van der Waals surface area contributed by atoms with Gasteiger partial charge in [-0.15, -0.1) is 0 Å². The van der Waals surface area contributed by atoms with Gasteiger partial charge in [0.1, 0.15) is 17.3 Å². The zero-order valence-corrected chi connectivity index (χ0v) is 14.3. The van der Waals surface area contributed by atoms with Gasteiger partial charge in [-0.2, -0.15) is 0 Å². The number of hydrogen-bond acceptors (Lipinski definition) is 3. The van der Waals surface area contributed by atoms with Crippen LogP contribution in [0.15, 0.2) is 54.9 Å². The first-order chi connectivity index (χ1) is 12.5. The summed E-state index contributed by atoms with van der Waals surface area (Å²) in [6.45, 7) is 3.94. The molecule has 0 saturated heterocycles. The normalized spacial score (nSPS) is 10.5. The predicted octanol–water partition coefficient (Wildman–Crippen LogP) is 4.97. The third-order valence-corrected chi connectivity index (χ3v) is 3.95. The molecule has 0 bridgehead atoms. The van der Waals surface area contributed by atoms with Crippen LogP contribution in [0.25, 0.3) is 0 Å². The summed E-state index contributed by atoms with van der Waals surface area (Å²) in [5.41, 5.74) is 3.33. The Morgan fingerprint density at radius 2 is 1.54 bits per heavy atom. The molecule has 1 aromatic heterocycles. The highest BCUT2D eigenvalue weighted by molar-refractivity contribution is 6.04. The van der Waals surface area contributed by atoms with Crippen molar-refractivity contribution >= 4 is 23.0 Å². The number of carbonyl (C=O) groups is 1. The van der Waals surface area contributed by atoms with Gasteiger partial charge in [-0.05, 0) is 43.2 Å². The first-order valence-electron chi connectivity index (χ1n) is 7.99. The van der Waals surface area contributed by atoms with Gasteiger partial charge in [-0.25, -0.2) is 8.78 Å². The highest BCUT2D eigenvalue weighted by Gasteiger charge is 2.14. The van der Waals surface area contributed by atoms with Crippen LogP contribution in [0, 0.1) is 25.5 Å². The molecule has 2 aromatic carbocycles. The molecular formula is C20H17F2N3O. The third-order valence-electron chi connectivity index (χ3n) is 3.95. The molecule has 1 amide bonds. The molecule has 1 heterocycles. The van der Waals surface area contributed by atoms with E-state index < -0.39 is 23.2 Å². The van der Waals surface area contributed by atoms with E-state index in [1.807, 2.05) is 32.0 Å². The number of hydrogen-bond donors (Lipinski definition) is 2. The van der Waals surface area contributed by atoms with Crippen LogP contribution in [0.1, 0.15) is 21.5 Å². The number of anilines is 3. The summed E-state index contributed by atoms with van der Waals surface area (Å²) in [6.07, 6.45) is 2.91. The summed E-state index contributed by atoms with van der Waals surface area (Å²) in [7, 11) is 0. The lowest BCUT2D eigenvalue weighted by molar-refractivity contribution is 0.102. The SMILES string of the molecule is Cc1cccc(C)c1Nc1cncc(C(=O)Nc2c(F)cccc2F)c1. The molecule has 0 aliphatic heterocycles. The van der Waals surface area contributed by atoms with E-state index in [9.17, 15) is 13.6 Å². The summed E-state index contributed by atoms with van der Waals surface area (Å²) in [6, 6.07) is 10.9. The van der Waals surface area contributed by atoms with Gasteiger partial charge >= 0.3 is 0 Å². The fourth-order valence-electron chi connectivity index (χ4n) is 2.59. The summed E-state index contributed by atoms with van der Waals surface area (Å²) in [5.74, 6) is -2.32. The van der Waals surface area contributed by atoms with Gasteiger partial charge in [-0.3, -0.25) is 9.78 Å². The van der Waals surface area contributed by atoms with E-state index in [-0.39, 0.29) is 5.56 Å². The average molecular weight is 353 g/mol. The number of pyridine rings is 1. The molecule has 0 atom stereocenters. The van der Waals surface area contributed by atoms with E-state index in [0.29, 0.717) is 5.69 Å². The quantitative estimate of drug-likeness (QED) is 0.696. The van der Waals surface area contributed by atoms with Crippen LogP contribution in [0.3, 0.4) is 0 Å².